The third kappa shape index (κ3) is 3.54. The standard InChI is InChI=1S/C14H13F3N2/c15-14(16,17)11-5-3-4-10(8-11)13(18)9-12-6-1-2-7-19-12/h1-8,13H,9,18H2. The smallest absolute Gasteiger partial charge is 0.324 e. The largest absolute Gasteiger partial charge is 0.416 e. The molecule has 0 saturated heterocycles. The summed E-state index contributed by atoms with van der Waals surface area (Å²) in [5.41, 5.74) is 6.47. The summed E-state index contributed by atoms with van der Waals surface area (Å²) in [6.45, 7) is 0. The highest BCUT2D eigenvalue weighted by molar-refractivity contribution is 5.28. The van der Waals surface area contributed by atoms with E-state index in [-0.39, 0.29) is 0 Å². The Labute approximate surface area is 109 Å². The zero-order valence-electron chi connectivity index (χ0n) is 10.1. The Hall–Kier alpha value is -1.88. The van der Waals surface area contributed by atoms with Crippen molar-refractivity contribution in [2.24, 2.45) is 5.73 Å². The van der Waals surface area contributed by atoms with E-state index in [1.165, 1.54) is 6.07 Å². The number of halogens is 3. The average molecular weight is 266 g/mol. The number of rotatable bonds is 3. The Balaban J connectivity index is 2.18. The summed E-state index contributed by atoms with van der Waals surface area (Å²) >= 11 is 0. The molecule has 0 saturated carbocycles. The van der Waals surface area contributed by atoms with Crippen LogP contribution in [-0.2, 0) is 12.6 Å². The number of hydrogen-bond acceptors (Lipinski definition) is 2. The number of aromatic nitrogens is 1. The van der Waals surface area contributed by atoms with Crippen molar-refractivity contribution < 1.29 is 13.2 Å². The lowest BCUT2D eigenvalue weighted by molar-refractivity contribution is -0.137. The molecule has 1 atom stereocenters. The molecule has 1 aromatic heterocycles. The molecule has 0 aliphatic rings. The van der Waals surface area contributed by atoms with Crippen molar-refractivity contribution in [3.05, 3.63) is 65.5 Å². The molecule has 0 amide bonds. The van der Waals surface area contributed by atoms with Crippen LogP contribution in [0.3, 0.4) is 0 Å². The zero-order chi connectivity index (χ0) is 13.9. The molecule has 100 valence electrons. The highest BCUT2D eigenvalue weighted by atomic mass is 19.4. The van der Waals surface area contributed by atoms with E-state index in [4.69, 9.17) is 5.73 Å². The van der Waals surface area contributed by atoms with Crippen LogP contribution in [0.25, 0.3) is 0 Å². The number of alkyl halides is 3. The lowest BCUT2D eigenvalue weighted by Crippen LogP contribution is -2.15. The van der Waals surface area contributed by atoms with Crippen molar-refractivity contribution in [1.82, 2.24) is 4.98 Å². The first-order chi connectivity index (χ1) is 8.97. The quantitative estimate of drug-likeness (QED) is 0.925. The van der Waals surface area contributed by atoms with Crippen LogP contribution in [0.5, 0.6) is 0 Å². The maximum atomic E-state index is 12.6. The fourth-order valence-electron chi connectivity index (χ4n) is 1.81. The monoisotopic (exact) mass is 266 g/mol. The maximum Gasteiger partial charge on any atom is 0.416 e. The van der Waals surface area contributed by atoms with Gasteiger partial charge in [-0.1, -0.05) is 18.2 Å². The van der Waals surface area contributed by atoms with E-state index < -0.39 is 17.8 Å². The Bertz CT molecular complexity index is 538. The van der Waals surface area contributed by atoms with E-state index in [1.807, 2.05) is 6.07 Å². The molecule has 2 nitrogen and oxygen atoms in total. The van der Waals surface area contributed by atoms with Gasteiger partial charge in [0.2, 0.25) is 0 Å². The molecule has 2 aromatic rings. The van der Waals surface area contributed by atoms with E-state index in [0.29, 0.717) is 12.0 Å². The average Bonchev–Trinajstić information content (AvgIpc) is 2.39. The van der Waals surface area contributed by atoms with E-state index in [0.717, 1.165) is 17.8 Å². The van der Waals surface area contributed by atoms with Crippen LogP contribution in [0, 0.1) is 0 Å². The van der Waals surface area contributed by atoms with Crippen molar-refractivity contribution in [2.75, 3.05) is 0 Å². The topological polar surface area (TPSA) is 38.9 Å². The predicted molar refractivity (Wildman–Crippen MR) is 66.3 cm³/mol. The van der Waals surface area contributed by atoms with E-state index in [1.54, 1.807) is 24.4 Å². The molecule has 2 rings (SSSR count). The van der Waals surface area contributed by atoms with Gasteiger partial charge in [-0.05, 0) is 29.8 Å². The van der Waals surface area contributed by atoms with Crippen LogP contribution in [0.1, 0.15) is 22.9 Å². The van der Waals surface area contributed by atoms with Gasteiger partial charge < -0.3 is 5.73 Å². The maximum absolute atomic E-state index is 12.6. The molecule has 0 radical (unpaired) electrons. The first-order valence-electron chi connectivity index (χ1n) is 5.79. The van der Waals surface area contributed by atoms with Gasteiger partial charge in [-0.15, -0.1) is 0 Å². The molecular formula is C14H13F3N2. The lowest BCUT2D eigenvalue weighted by atomic mass is 10.0. The van der Waals surface area contributed by atoms with E-state index >= 15 is 0 Å². The Kier molecular flexibility index (Phi) is 3.85. The van der Waals surface area contributed by atoms with Gasteiger partial charge in [-0.2, -0.15) is 13.2 Å². The van der Waals surface area contributed by atoms with E-state index in [9.17, 15) is 13.2 Å². The van der Waals surface area contributed by atoms with Gasteiger partial charge in [-0.25, -0.2) is 0 Å². The first kappa shape index (κ1) is 13.5. The second kappa shape index (κ2) is 5.40. The molecule has 0 bridgehead atoms. The molecule has 5 heteroatoms. The van der Waals surface area contributed by atoms with Gasteiger partial charge in [0.25, 0.3) is 0 Å². The van der Waals surface area contributed by atoms with E-state index in [2.05, 4.69) is 4.98 Å². The number of pyridine rings is 1. The second-order valence-corrected chi connectivity index (χ2v) is 4.25. The van der Waals surface area contributed by atoms with Gasteiger partial charge >= 0.3 is 6.18 Å². The van der Waals surface area contributed by atoms with Crippen molar-refractivity contribution in [3.63, 3.8) is 0 Å². The van der Waals surface area contributed by atoms with Gasteiger partial charge in [0.05, 0.1) is 5.56 Å². The minimum Gasteiger partial charge on any atom is -0.324 e. The summed E-state index contributed by atoms with van der Waals surface area (Å²) in [4.78, 5) is 4.11. The zero-order valence-corrected chi connectivity index (χ0v) is 10.1. The molecule has 0 aliphatic carbocycles. The third-order valence-corrected chi connectivity index (χ3v) is 2.80. The summed E-state index contributed by atoms with van der Waals surface area (Å²) in [7, 11) is 0. The van der Waals surface area contributed by atoms with Gasteiger partial charge in [0.15, 0.2) is 0 Å². The summed E-state index contributed by atoms with van der Waals surface area (Å²) in [5, 5.41) is 0. The number of nitrogens with zero attached hydrogens (tertiary/aromatic N) is 1. The van der Waals surface area contributed by atoms with Crippen molar-refractivity contribution in [3.8, 4) is 0 Å². The van der Waals surface area contributed by atoms with Crippen molar-refractivity contribution in [2.45, 2.75) is 18.6 Å². The van der Waals surface area contributed by atoms with Crippen LogP contribution < -0.4 is 5.73 Å². The molecule has 1 unspecified atom stereocenters. The van der Waals surface area contributed by atoms with Gasteiger partial charge in [0, 0.05) is 24.4 Å². The molecule has 1 aromatic carbocycles. The van der Waals surface area contributed by atoms with Crippen LogP contribution in [0.4, 0.5) is 13.2 Å². The lowest BCUT2D eigenvalue weighted by Gasteiger charge is -2.14. The van der Waals surface area contributed by atoms with Gasteiger partial charge in [0.1, 0.15) is 0 Å². The minimum atomic E-state index is -4.35. The summed E-state index contributed by atoms with van der Waals surface area (Å²) in [6, 6.07) is 10.00. The van der Waals surface area contributed by atoms with Crippen LogP contribution in [-0.4, -0.2) is 4.98 Å². The predicted octanol–water partition coefficient (Wildman–Crippen LogP) is 3.34. The van der Waals surface area contributed by atoms with Gasteiger partial charge in [-0.3, -0.25) is 4.98 Å². The van der Waals surface area contributed by atoms with Crippen LogP contribution in [0.2, 0.25) is 0 Å². The number of benzene rings is 1. The van der Waals surface area contributed by atoms with Crippen molar-refractivity contribution >= 4 is 0 Å². The first-order valence-corrected chi connectivity index (χ1v) is 5.79. The number of nitrogens with two attached hydrogens (primary N) is 1. The SMILES string of the molecule is NC(Cc1ccccn1)c1cccc(C(F)(F)F)c1. The molecule has 19 heavy (non-hydrogen) atoms. The molecule has 0 spiro atoms. The molecular weight excluding hydrogens is 253 g/mol. The fraction of sp³-hybridized carbons (Fsp3) is 0.214. The fourth-order valence-corrected chi connectivity index (χ4v) is 1.81. The Morgan fingerprint density at radius 3 is 2.53 bits per heavy atom. The molecule has 1 heterocycles. The third-order valence-electron chi connectivity index (χ3n) is 2.80. The summed E-state index contributed by atoms with van der Waals surface area (Å²) in [6.07, 6.45) is -2.31. The highest BCUT2D eigenvalue weighted by Crippen LogP contribution is 2.30. The molecule has 0 aliphatic heterocycles. The number of hydrogen-bond donors (Lipinski definition) is 1. The Morgan fingerprint density at radius 1 is 1.11 bits per heavy atom. The Morgan fingerprint density at radius 2 is 1.89 bits per heavy atom. The summed E-state index contributed by atoms with van der Waals surface area (Å²) in [5.74, 6) is 0. The normalized spacial score (nSPS) is 13.3. The molecule has 2 N–H and O–H groups in total. The summed E-state index contributed by atoms with van der Waals surface area (Å²) < 4.78 is 37.8. The molecule has 0 fully saturated rings. The minimum absolute atomic E-state index is 0.405. The van der Waals surface area contributed by atoms with Crippen molar-refractivity contribution in [1.29, 1.82) is 0 Å². The van der Waals surface area contributed by atoms with Crippen LogP contribution in [0.15, 0.2) is 48.7 Å². The second-order valence-electron chi connectivity index (χ2n) is 4.25. The van der Waals surface area contributed by atoms with Crippen LogP contribution >= 0.6 is 0 Å². The highest BCUT2D eigenvalue weighted by Gasteiger charge is 2.30.